The molecular weight excluding hydrogens is 272 g/mol. The standard InChI is InChI=1S/C14H24N4O3/c1-9(2)11-12(19)15-14(21)18(13(11)20)8-10-7-16(3)5-6-17(10)4/h9-11H,5-8H2,1-4H3,(H,15,19,21). The number of piperazine rings is 1. The van der Waals surface area contributed by atoms with Gasteiger partial charge in [-0.25, -0.2) is 4.79 Å². The zero-order valence-electron chi connectivity index (χ0n) is 13.1. The van der Waals surface area contributed by atoms with Gasteiger partial charge in [0.1, 0.15) is 5.92 Å². The van der Waals surface area contributed by atoms with Crippen molar-refractivity contribution in [2.75, 3.05) is 40.3 Å². The van der Waals surface area contributed by atoms with Crippen LogP contribution in [0.1, 0.15) is 13.8 Å². The lowest BCUT2D eigenvalue weighted by Gasteiger charge is -2.41. The number of nitrogens with one attached hydrogen (secondary N) is 1. The topological polar surface area (TPSA) is 73.0 Å². The van der Waals surface area contributed by atoms with Crippen molar-refractivity contribution in [2.45, 2.75) is 19.9 Å². The highest BCUT2D eigenvalue weighted by molar-refractivity contribution is 6.16. The van der Waals surface area contributed by atoms with E-state index >= 15 is 0 Å². The summed E-state index contributed by atoms with van der Waals surface area (Å²) in [5, 5.41) is 2.30. The molecule has 2 saturated heterocycles. The molecule has 2 unspecified atom stereocenters. The molecule has 0 aromatic rings. The van der Waals surface area contributed by atoms with Crippen molar-refractivity contribution >= 4 is 17.8 Å². The van der Waals surface area contributed by atoms with Crippen LogP contribution in [-0.4, -0.2) is 78.9 Å². The summed E-state index contributed by atoms with van der Waals surface area (Å²) in [5.41, 5.74) is 0. The van der Waals surface area contributed by atoms with Gasteiger partial charge >= 0.3 is 6.03 Å². The molecule has 2 aliphatic heterocycles. The van der Waals surface area contributed by atoms with E-state index in [0.717, 1.165) is 19.6 Å². The lowest BCUT2D eigenvalue weighted by Crippen LogP contribution is -2.63. The Bertz CT molecular complexity index is 452. The van der Waals surface area contributed by atoms with Crippen LogP contribution in [0.4, 0.5) is 4.79 Å². The number of imide groups is 2. The van der Waals surface area contributed by atoms with Crippen LogP contribution in [0.3, 0.4) is 0 Å². The predicted molar refractivity (Wildman–Crippen MR) is 77.5 cm³/mol. The third kappa shape index (κ3) is 3.24. The molecule has 0 saturated carbocycles. The van der Waals surface area contributed by atoms with Crippen LogP contribution < -0.4 is 5.32 Å². The van der Waals surface area contributed by atoms with Crippen molar-refractivity contribution in [3.63, 3.8) is 0 Å². The highest BCUT2D eigenvalue weighted by Crippen LogP contribution is 2.20. The van der Waals surface area contributed by atoms with Gasteiger partial charge in [0.15, 0.2) is 0 Å². The van der Waals surface area contributed by atoms with Crippen molar-refractivity contribution < 1.29 is 14.4 Å². The average molecular weight is 296 g/mol. The van der Waals surface area contributed by atoms with Gasteiger partial charge < -0.3 is 4.90 Å². The van der Waals surface area contributed by atoms with E-state index in [-0.39, 0.29) is 17.9 Å². The largest absolute Gasteiger partial charge is 0.330 e. The molecule has 118 valence electrons. The summed E-state index contributed by atoms with van der Waals surface area (Å²) in [6.07, 6.45) is 0. The van der Waals surface area contributed by atoms with E-state index in [4.69, 9.17) is 0 Å². The number of carbonyl (C=O) groups is 3. The highest BCUT2D eigenvalue weighted by Gasteiger charge is 2.43. The van der Waals surface area contributed by atoms with Crippen LogP contribution in [0.2, 0.25) is 0 Å². The van der Waals surface area contributed by atoms with Gasteiger partial charge in [0.05, 0.1) is 0 Å². The number of urea groups is 1. The minimum absolute atomic E-state index is 0.0967. The van der Waals surface area contributed by atoms with E-state index in [2.05, 4.69) is 15.1 Å². The normalized spacial score (nSPS) is 29.2. The lowest BCUT2D eigenvalue weighted by atomic mass is 9.92. The summed E-state index contributed by atoms with van der Waals surface area (Å²) in [6.45, 7) is 6.63. The Morgan fingerprint density at radius 3 is 2.48 bits per heavy atom. The molecule has 2 rings (SSSR count). The third-order valence-electron chi connectivity index (χ3n) is 4.33. The Labute approximate surface area is 125 Å². The Kier molecular flexibility index (Phi) is 4.63. The maximum Gasteiger partial charge on any atom is 0.330 e. The number of barbiturate groups is 1. The molecule has 2 heterocycles. The van der Waals surface area contributed by atoms with Crippen LogP contribution in [-0.2, 0) is 9.59 Å². The van der Waals surface area contributed by atoms with E-state index in [9.17, 15) is 14.4 Å². The quantitative estimate of drug-likeness (QED) is 0.716. The maximum absolute atomic E-state index is 12.5. The van der Waals surface area contributed by atoms with E-state index in [1.54, 1.807) is 0 Å². The zero-order valence-corrected chi connectivity index (χ0v) is 13.1. The number of rotatable bonds is 3. The second kappa shape index (κ2) is 6.11. The first kappa shape index (κ1) is 15.9. The molecule has 2 atom stereocenters. The molecule has 2 aliphatic rings. The maximum atomic E-state index is 12.5. The Morgan fingerprint density at radius 2 is 1.86 bits per heavy atom. The van der Waals surface area contributed by atoms with Crippen LogP contribution in [0, 0.1) is 11.8 Å². The smallest absolute Gasteiger partial charge is 0.303 e. The molecule has 0 aromatic carbocycles. The molecular formula is C14H24N4O3. The van der Waals surface area contributed by atoms with Crippen molar-refractivity contribution in [1.29, 1.82) is 0 Å². The van der Waals surface area contributed by atoms with Crippen molar-refractivity contribution in [3.05, 3.63) is 0 Å². The third-order valence-corrected chi connectivity index (χ3v) is 4.33. The van der Waals surface area contributed by atoms with Crippen LogP contribution in [0.25, 0.3) is 0 Å². The first-order valence-corrected chi connectivity index (χ1v) is 7.36. The van der Waals surface area contributed by atoms with Gasteiger partial charge in [0.25, 0.3) is 0 Å². The minimum Gasteiger partial charge on any atom is -0.303 e. The SMILES string of the molecule is CC(C)C1C(=O)NC(=O)N(CC2CN(C)CCN2C)C1=O. The fraction of sp³-hybridized carbons (Fsp3) is 0.786. The van der Waals surface area contributed by atoms with Crippen molar-refractivity contribution in [2.24, 2.45) is 11.8 Å². The molecule has 1 N–H and O–H groups in total. The summed E-state index contributed by atoms with van der Waals surface area (Å²) < 4.78 is 0. The molecule has 2 fully saturated rings. The van der Waals surface area contributed by atoms with Gasteiger partial charge in [-0.05, 0) is 20.0 Å². The molecule has 7 heteroatoms. The van der Waals surface area contributed by atoms with Gasteiger partial charge in [-0.3, -0.25) is 24.7 Å². The zero-order chi connectivity index (χ0) is 15.7. The van der Waals surface area contributed by atoms with Crippen LogP contribution in [0.5, 0.6) is 0 Å². The molecule has 0 bridgehead atoms. The van der Waals surface area contributed by atoms with E-state index in [1.807, 2.05) is 27.9 Å². The first-order chi connectivity index (χ1) is 9.81. The van der Waals surface area contributed by atoms with E-state index in [0.29, 0.717) is 6.54 Å². The summed E-state index contributed by atoms with van der Waals surface area (Å²) in [5.74, 6) is -1.75. The van der Waals surface area contributed by atoms with Gasteiger partial charge in [0.2, 0.25) is 11.8 Å². The number of carbonyl (C=O) groups excluding carboxylic acids is 3. The number of hydrogen-bond donors (Lipinski definition) is 1. The number of nitrogens with zero attached hydrogens (tertiary/aromatic N) is 3. The Morgan fingerprint density at radius 1 is 1.19 bits per heavy atom. The molecule has 0 aliphatic carbocycles. The Hall–Kier alpha value is -1.47. The molecule has 21 heavy (non-hydrogen) atoms. The monoisotopic (exact) mass is 296 g/mol. The van der Waals surface area contributed by atoms with Crippen LogP contribution in [0.15, 0.2) is 0 Å². The lowest BCUT2D eigenvalue weighted by molar-refractivity contribution is -0.145. The number of hydrogen-bond acceptors (Lipinski definition) is 5. The Balaban J connectivity index is 2.12. The summed E-state index contributed by atoms with van der Waals surface area (Å²) in [7, 11) is 4.02. The second-order valence-electron chi connectivity index (χ2n) is 6.36. The predicted octanol–water partition coefficient (Wildman–Crippen LogP) is -0.417. The van der Waals surface area contributed by atoms with Crippen molar-refractivity contribution in [1.82, 2.24) is 20.0 Å². The molecule has 0 spiro atoms. The molecule has 4 amide bonds. The molecule has 7 nitrogen and oxygen atoms in total. The van der Waals surface area contributed by atoms with Gasteiger partial charge in [-0.2, -0.15) is 0 Å². The number of amides is 4. The minimum atomic E-state index is -0.769. The fourth-order valence-electron chi connectivity index (χ4n) is 2.90. The molecule has 0 radical (unpaired) electrons. The van der Waals surface area contributed by atoms with Crippen LogP contribution >= 0.6 is 0 Å². The highest BCUT2D eigenvalue weighted by atomic mass is 16.2. The summed E-state index contributed by atoms with van der Waals surface area (Å²) in [6, 6.07) is -0.497. The van der Waals surface area contributed by atoms with Gasteiger partial charge in [-0.15, -0.1) is 0 Å². The average Bonchev–Trinajstić information content (AvgIpc) is 2.37. The summed E-state index contributed by atoms with van der Waals surface area (Å²) in [4.78, 5) is 41.8. The van der Waals surface area contributed by atoms with E-state index < -0.39 is 17.9 Å². The van der Waals surface area contributed by atoms with Crippen molar-refractivity contribution in [3.8, 4) is 0 Å². The van der Waals surface area contributed by atoms with E-state index in [1.165, 1.54) is 4.90 Å². The molecule has 0 aromatic heterocycles. The second-order valence-corrected chi connectivity index (χ2v) is 6.36. The van der Waals surface area contributed by atoms with Gasteiger partial charge in [-0.1, -0.05) is 13.8 Å². The van der Waals surface area contributed by atoms with Gasteiger partial charge in [0, 0.05) is 32.2 Å². The summed E-state index contributed by atoms with van der Waals surface area (Å²) >= 11 is 0. The number of likely N-dealkylation sites (N-methyl/N-ethyl adjacent to an activating group) is 2. The first-order valence-electron chi connectivity index (χ1n) is 7.36. The fourth-order valence-corrected chi connectivity index (χ4v) is 2.90.